The molecule has 0 aliphatic carbocycles. The fraction of sp³-hybridized carbons (Fsp3) is 0.250. The van der Waals surface area contributed by atoms with Gasteiger partial charge in [0.2, 0.25) is 0 Å². The van der Waals surface area contributed by atoms with Gasteiger partial charge in [-0.05, 0) is 13.0 Å². The van der Waals surface area contributed by atoms with Crippen LogP contribution in [0.1, 0.15) is 6.92 Å². The lowest BCUT2D eigenvalue weighted by Gasteiger charge is -1.92. The molecule has 0 aliphatic heterocycles. The Labute approximate surface area is 66.1 Å². The monoisotopic (exact) mass is 153 g/mol. The van der Waals surface area contributed by atoms with Crippen LogP contribution < -0.4 is 4.57 Å². The molecule has 1 aromatic rings. The van der Waals surface area contributed by atoms with Crippen LogP contribution in [0.15, 0.2) is 29.4 Å². The molecular formula is C8H11NS+. The minimum atomic E-state index is 1.02. The maximum Gasteiger partial charge on any atom is 0.182 e. The largest absolute Gasteiger partial charge is 0.204 e. The summed E-state index contributed by atoms with van der Waals surface area (Å²) in [6, 6.07) is 4.10. The molecule has 0 saturated heterocycles. The summed E-state index contributed by atoms with van der Waals surface area (Å²) in [6.45, 7) is 3.14. The Bertz CT molecular complexity index is 191. The van der Waals surface area contributed by atoms with E-state index in [9.17, 15) is 0 Å². The van der Waals surface area contributed by atoms with Crippen LogP contribution in [0.5, 0.6) is 0 Å². The summed E-state index contributed by atoms with van der Waals surface area (Å²) in [5.41, 5.74) is 0. The second kappa shape index (κ2) is 3.62. The predicted octanol–water partition coefficient (Wildman–Crippen LogP) is 1.88. The van der Waals surface area contributed by atoms with Gasteiger partial charge in [-0.2, -0.15) is 0 Å². The number of pyridine rings is 1. The van der Waals surface area contributed by atoms with E-state index in [4.69, 9.17) is 0 Å². The van der Waals surface area contributed by atoms with Gasteiger partial charge >= 0.3 is 0 Å². The molecule has 10 heavy (non-hydrogen) atoms. The first kappa shape index (κ1) is 7.61. The summed E-state index contributed by atoms with van der Waals surface area (Å²) in [4.78, 5) is 1.21. The van der Waals surface area contributed by atoms with Crippen LogP contribution >= 0.6 is 11.8 Å². The summed E-state index contributed by atoms with van der Waals surface area (Å²) in [6.07, 6.45) is 7.88. The van der Waals surface area contributed by atoms with Crippen LogP contribution in [0.25, 0.3) is 0 Å². The molecule has 2 heteroatoms. The van der Waals surface area contributed by atoms with Gasteiger partial charge in [-0.1, -0.05) is 0 Å². The van der Waals surface area contributed by atoms with Crippen LogP contribution in [-0.2, 0) is 6.54 Å². The SMILES string of the molecule is [CH2]Sc1ccc[n+](CC)c1. The first-order chi connectivity index (χ1) is 4.86. The number of aromatic nitrogens is 1. The van der Waals surface area contributed by atoms with Crippen molar-refractivity contribution in [2.24, 2.45) is 0 Å². The van der Waals surface area contributed by atoms with Crippen molar-refractivity contribution < 1.29 is 4.57 Å². The smallest absolute Gasteiger partial charge is 0.182 e. The molecule has 1 rings (SSSR count). The molecule has 1 heterocycles. The van der Waals surface area contributed by atoms with Crippen molar-refractivity contribution in [2.45, 2.75) is 18.4 Å². The molecule has 0 N–H and O–H groups in total. The molecule has 0 unspecified atom stereocenters. The van der Waals surface area contributed by atoms with Gasteiger partial charge in [-0.25, -0.2) is 4.57 Å². The van der Waals surface area contributed by atoms with Gasteiger partial charge in [0.25, 0.3) is 0 Å². The predicted molar refractivity (Wildman–Crippen MR) is 43.5 cm³/mol. The Hall–Kier alpha value is -0.500. The van der Waals surface area contributed by atoms with E-state index in [2.05, 4.69) is 36.2 Å². The number of nitrogens with zero attached hydrogens (tertiary/aromatic N) is 1. The van der Waals surface area contributed by atoms with Crippen LogP contribution in [0.4, 0.5) is 0 Å². The highest BCUT2D eigenvalue weighted by molar-refractivity contribution is 8.00. The zero-order chi connectivity index (χ0) is 7.40. The quantitative estimate of drug-likeness (QED) is 0.463. The van der Waals surface area contributed by atoms with Crippen molar-refractivity contribution in [1.82, 2.24) is 0 Å². The highest BCUT2D eigenvalue weighted by Gasteiger charge is 1.96. The van der Waals surface area contributed by atoms with E-state index in [0.717, 1.165) is 6.54 Å². The summed E-state index contributed by atoms with van der Waals surface area (Å²) >= 11 is 1.53. The van der Waals surface area contributed by atoms with Crippen LogP contribution in [0, 0.1) is 6.26 Å². The van der Waals surface area contributed by atoms with Gasteiger partial charge in [-0.3, -0.25) is 0 Å². The Balaban J connectivity index is 2.87. The van der Waals surface area contributed by atoms with Crippen molar-refractivity contribution in [2.75, 3.05) is 0 Å². The average Bonchev–Trinajstić information content (AvgIpc) is 2.05. The van der Waals surface area contributed by atoms with E-state index in [1.165, 1.54) is 16.7 Å². The third-order valence-electron chi connectivity index (χ3n) is 1.36. The molecule has 0 aromatic carbocycles. The molecule has 53 valence electrons. The molecule has 1 aromatic heterocycles. The number of hydrogen-bond acceptors (Lipinski definition) is 1. The molecule has 0 amide bonds. The summed E-state index contributed by atoms with van der Waals surface area (Å²) in [5.74, 6) is 0. The van der Waals surface area contributed by atoms with E-state index in [1.54, 1.807) is 0 Å². The van der Waals surface area contributed by atoms with Crippen molar-refractivity contribution >= 4 is 11.8 Å². The lowest BCUT2D eigenvalue weighted by atomic mass is 10.5. The molecule has 0 aliphatic rings. The molecule has 0 atom stereocenters. The topological polar surface area (TPSA) is 3.88 Å². The Morgan fingerprint density at radius 2 is 2.50 bits per heavy atom. The summed E-state index contributed by atoms with van der Waals surface area (Å²) in [7, 11) is 0. The molecule has 0 spiro atoms. The van der Waals surface area contributed by atoms with Gasteiger partial charge in [-0.15, -0.1) is 11.8 Å². The molecule has 1 nitrogen and oxygen atoms in total. The van der Waals surface area contributed by atoms with Crippen molar-refractivity contribution in [3.63, 3.8) is 0 Å². The van der Waals surface area contributed by atoms with Crippen LogP contribution in [0.2, 0.25) is 0 Å². The van der Waals surface area contributed by atoms with E-state index >= 15 is 0 Å². The van der Waals surface area contributed by atoms with Gasteiger partial charge in [0.1, 0.15) is 6.54 Å². The van der Waals surface area contributed by atoms with Crippen LogP contribution in [0.3, 0.4) is 0 Å². The summed E-state index contributed by atoms with van der Waals surface area (Å²) < 4.78 is 2.13. The molecule has 0 fully saturated rings. The van der Waals surface area contributed by atoms with Gasteiger partial charge < -0.3 is 0 Å². The van der Waals surface area contributed by atoms with Crippen LogP contribution in [-0.4, -0.2) is 0 Å². The zero-order valence-corrected chi connectivity index (χ0v) is 6.90. The number of rotatable bonds is 2. The summed E-state index contributed by atoms with van der Waals surface area (Å²) in [5, 5.41) is 0. The van der Waals surface area contributed by atoms with Gasteiger partial charge in [0.15, 0.2) is 12.4 Å². The Morgan fingerprint density at radius 1 is 1.70 bits per heavy atom. The minimum absolute atomic E-state index is 1.02. The van der Waals surface area contributed by atoms with E-state index in [1.807, 2.05) is 6.07 Å². The van der Waals surface area contributed by atoms with Gasteiger partial charge in [0.05, 0.1) is 4.90 Å². The molecular weight excluding hydrogens is 142 g/mol. The fourth-order valence-corrected chi connectivity index (χ4v) is 1.16. The minimum Gasteiger partial charge on any atom is -0.204 e. The third kappa shape index (κ3) is 1.74. The van der Waals surface area contributed by atoms with Crippen molar-refractivity contribution in [3.05, 3.63) is 30.8 Å². The maximum absolute atomic E-state index is 3.73. The first-order valence-corrected chi connectivity index (χ1v) is 4.26. The van der Waals surface area contributed by atoms with E-state index in [0.29, 0.717) is 0 Å². The number of aryl methyl sites for hydroxylation is 1. The third-order valence-corrected chi connectivity index (χ3v) is 1.94. The maximum atomic E-state index is 3.73. The Morgan fingerprint density at radius 3 is 3.10 bits per heavy atom. The van der Waals surface area contributed by atoms with Gasteiger partial charge in [0, 0.05) is 12.3 Å². The Kier molecular flexibility index (Phi) is 2.75. The number of thioether (sulfide) groups is 1. The molecule has 1 radical (unpaired) electrons. The average molecular weight is 153 g/mol. The fourth-order valence-electron chi connectivity index (χ4n) is 0.780. The standard InChI is InChI=1S/C8H11NS/c1-3-9-6-4-5-8(7-9)10-2/h4-7H,2-3H2,1H3/q+1. The highest BCUT2D eigenvalue weighted by Crippen LogP contribution is 2.11. The lowest BCUT2D eigenvalue weighted by Crippen LogP contribution is -2.30. The van der Waals surface area contributed by atoms with Crippen molar-refractivity contribution in [1.29, 1.82) is 0 Å². The van der Waals surface area contributed by atoms with E-state index in [-0.39, 0.29) is 0 Å². The lowest BCUT2D eigenvalue weighted by molar-refractivity contribution is -0.695. The zero-order valence-electron chi connectivity index (χ0n) is 6.08. The second-order valence-electron chi connectivity index (χ2n) is 2.01. The van der Waals surface area contributed by atoms with Crippen molar-refractivity contribution in [3.8, 4) is 0 Å². The molecule has 0 bridgehead atoms. The highest BCUT2D eigenvalue weighted by atomic mass is 32.2. The second-order valence-corrected chi connectivity index (χ2v) is 2.77. The first-order valence-electron chi connectivity index (χ1n) is 3.28. The molecule has 0 saturated carbocycles. The number of hydrogen-bond donors (Lipinski definition) is 0. The normalized spacial score (nSPS) is 9.80. The van der Waals surface area contributed by atoms with E-state index < -0.39 is 0 Å².